The summed E-state index contributed by atoms with van der Waals surface area (Å²) in [6, 6.07) is 9.69. The molecule has 0 atom stereocenters. The van der Waals surface area contributed by atoms with Gasteiger partial charge in [0, 0.05) is 26.6 Å². The molecule has 0 amide bonds. The lowest BCUT2D eigenvalue weighted by Crippen LogP contribution is -2.22. The van der Waals surface area contributed by atoms with E-state index in [0.717, 1.165) is 35.5 Å². The predicted molar refractivity (Wildman–Crippen MR) is 120 cm³/mol. The first-order valence-electron chi connectivity index (χ1n) is 10.4. The molecule has 0 radical (unpaired) electrons. The van der Waals surface area contributed by atoms with Crippen LogP contribution in [0.3, 0.4) is 0 Å². The zero-order valence-electron chi connectivity index (χ0n) is 18.5. The topological polar surface area (TPSA) is 75.9 Å². The molecule has 164 valence electrons. The fourth-order valence-electron chi connectivity index (χ4n) is 3.45. The Kier molecular flexibility index (Phi) is 7.33. The van der Waals surface area contributed by atoms with Crippen LogP contribution in [0.15, 0.2) is 36.7 Å². The highest BCUT2D eigenvalue weighted by atomic mass is 19.1. The summed E-state index contributed by atoms with van der Waals surface area (Å²) >= 11 is 0. The first-order valence-corrected chi connectivity index (χ1v) is 10.4. The van der Waals surface area contributed by atoms with Crippen LogP contribution in [-0.2, 0) is 30.8 Å². The number of nitrogens with zero attached hydrogens (tertiary/aromatic N) is 5. The van der Waals surface area contributed by atoms with Crippen LogP contribution in [-0.4, -0.2) is 32.6 Å². The first kappa shape index (κ1) is 22.4. The highest BCUT2D eigenvalue weighted by Gasteiger charge is 2.17. The molecule has 1 N–H and O–H groups in total. The highest BCUT2D eigenvalue weighted by molar-refractivity contribution is 5.78. The summed E-state index contributed by atoms with van der Waals surface area (Å²) in [5.41, 5.74) is 3.89. The van der Waals surface area contributed by atoms with Crippen molar-refractivity contribution < 1.29 is 9.18 Å². The number of carbonyl (C=O) groups is 1. The third kappa shape index (κ3) is 5.87. The molecule has 0 spiro atoms. The molecule has 2 heterocycles. The maximum atomic E-state index is 15.1. The molecule has 0 aliphatic carbocycles. The van der Waals surface area contributed by atoms with E-state index in [4.69, 9.17) is 0 Å². The highest BCUT2D eigenvalue weighted by Crippen LogP contribution is 2.22. The van der Waals surface area contributed by atoms with Gasteiger partial charge < -0.3 is 10.2 Å². The fraction of sp³-hybridized carbons (Fsp3) is 0.391. The Morgan fingerprint density at radius 1 is 1.19 bits per heavy atom. The number of Topliss-reactive ketones (excluding diaryl/α,β-unsaturated/α-hetero) is 1. The van der Waals surface area contributed by atoms with Gasteiger partial charge >= 0.3 is 0 Å². The molecule has 31 heavy (non-hydrogen) atoms. The molecule has 0 aliphatic heterocycles. The lowest BCUT2D eigenvalue weighted by molar-refractivity contribution is -0.116. The van der Waals surface area contributed by atoms with E-state index in [2.05, 4.69) is 27.3 Å². The number of hydrogen-bond acceptors (Lipinski definition) is 6. The standard InChI is InChI=1S/C23H29FN6O/c1-5-10-30-20(11-16(2)28-30)14-29(4)23-21(24)22(26-15-27-23)25-13-19-8-6-18(7-9-19)12-17(3)31/h6-9,11,15H,5,10,12-14H2,1-4H3,(H,25,26,27). The first-order chi connectivity index (χ1) is 14.9. The normalized spacial score (nSPS) is 10.9. The van der Waals surface area contributed by atoms with E-state index in [-0.39, 0.29) is 17.4 Å². The van der Waals surface area contributed by atoms with Crippen molar-refractivity contribution in [2.45, 2.75) is 53.2 Å². The number of ketones is 1. The summed E-state index contributed by atoms with van der Waals surface area (Å²) in [6.07, 6.45) is 2.76. The fourth-order valence-corrected chi connectivity index (χ4v) is 3.45. The average molecular weight is 425 g/mol. The van der Waals surface area contributed by atoms with Crippen LogP contribution in [0, 0.1) is 12.7 Å². The van der Waals surface area contributed by atoms with Crippen molar-refractivity contribution in [3.63, 3.8) is 0 Å². The molecular weight excluding hydrogens is 395 g/mol. The van der Waals surface area contributed by atoms with Crippen molar-refractivity contribution in [1.82, 2.24) is 19.7 Å². The van der Waals surface area contributed by atoms with Gasteiger partial charge in [0.15, 0.2) is 11.6 Å². The van der Waals surface area contributed by atoms with Crippen LogP contribution in [0.1, 0.15) is 42.8 Å². The Morgan fingerprint density at radius 2 is 1.90 bits per heavy atom. The number of benzene rings is 1. The van der Waals surface area contributed by atoms with Crippen LogP contribution in [0.5, 0.6) is 0 Å². The Bertz CT molecular complexity index is 1030. The van der Waals surface area contributed by atoms with Crippen LogP contribution >= 0.6 is 0 Å². The van der Waals surface area contributed by atoms with Gasteiger partial charge in [-0.2, -0.15) is 9.49 Å². The van der Waals surface area contributed by atoms with Gasteiger partial charge in [-0.25, -0.2) is 9.97 Å². The summed E-state index contributed by atoms with van der Waals surface area (Å²) in [6.45, 7) is 7.35. The van der Waals surface area contributed by atoms with Crippen LogP contribution < -0.4 is 10.2 Å². The molecule has 0 saturated carbocycles. The Morgan fingerprint density at radius 3 is 2.58 bits per heavy atom. The second-order valence-electron chi connectivity index (χ2n) is 7.76. The Hall–Kier alpha value is -3.29. The molecule has 0 saturated heterocycles. The van der Waals surface area contributed by atoms with Gasteiger partial charge in [0.25, 0.3) is 0 Å². The number of aromatic nitrogens is 4. The molecule has 3 rings (SSSR count). The molecule has 0 aliphatic rings. The summed E-state index contributed by atoms with van der Waals surface area (Å²) in [5.74, 6) is 0.0223. The van der Waals surface area contributed by atoms with Crippen LogP contribution in [0.2, 0.25) is 0 Å². The van der Waals surface area contributed by atoms with Crippen molar-refractivity contribution in [3.05, 3.63) is 65.0 Å². The van der Waals surface area contributed by atoms with Crippen LogP contribution in [0.25, 0.3) is 0 Å². The predicted octanol–water partition coefficient (Wildman–Crippen LogP) is 3.91. The van der Waals surface area contributed by atoms with E-state index < -0.39 is 5.82 Å². The van der Waals surface area contributed by atoms with E-state index >= 15 is 4.39 Å². The largest absolute Gasteiger partial charge is 0.363 e. The van der Waals surface area contributed by atoms with Gasteiger partial charge in [-0.1, -0.05) is 31.2 Å². The number of nitrogens with one attached hydrogen (secondary N) is 1. The molecule has 0 fully saturated rings. The number of hydrogen-bond donors (Lipinski definition) is 1. The zero-order chi connectivity index (χ0) is 22.4. The quantitative estimate of drug-likeness (QED) is 0.532. The Labute approximate surface area is 182 Å². The van der Waals surface area contributed by atoms with Crippen molar-refractivity contribution in [2.75, 3.05) is 17.3 Å². The van der Waals surface area contributed by atoms with Gasteiger partial charge in [0.1, 0.15) is 12.1 Å². The minimum atomic E-state index is -0.489. The van der Waals surface area contributed by atoms with Crippen LogP contribution in [0.4, 0.5) is 16.0 Å². The number of rotatable bonds is 10. The smallest absolute Gasteiger partial charge is 0.207 e. The average Bonchev–Trinajstić information content (AvgIpc) is 3.06. The van der Waals surface area contributed by atoms with Gasteiger partial charge in [-0.3, -0.25) is 9.48 Å². The third-order valence-corrected chi connectivity index (χ3v) is 4.89. The lowest BCUT2D eigenvalue weighted by atomic mass is 10.1. The maximum absolute atomic E-state index is 15.1. The third-order valence-electron chi connectivity index (χ3n) is 4.89. The Balaban J connectivity index is 1.69. The van der Waals surface area contributed by atoms with E-state index in [1.54, 1.807) is 11.8 Å². The second-order valence-corrected chi connectivity index (χ2v) is 7.76. The lowest BCUT2D eigenvalue weighted by Gasteiger charge is -2.20. The second kappa shape index (κ2) is 10.1. The number of anilines is 2. The monoisotopic (exact) mass is 424 g/mol. The summed E-state index contributed by atoms with van der Waals surface area (Å²) in [5, 5.41) is 7.55. The molecule has 7 nitrogen and oxygen atoms in total. The van der Waals surface area contributed by atoms with Gasteiger partial charge in [0.05, 0.1) is 17.9 Å². The summed E-state index contributed by atoms with van der Waals surface area (Å²) in [4.78, 5) is 21.2. The summed E-state index contributed by atoms with van der Waals surface area (Å²) < 4.78 is 17.1. The molecule has 2 aromatic heterocycles. The molecule has 0 unspecified atom stereocenters. The number of carbonyl (C=O) groups excluding carboxylic acids is 1. The van der Waals surface area contributed by atoms with E-state index in [0.29, 0.717) is 19.5 Å². The minimum absolute atomic E-state index is 0.124. The molecule has 1 aromatic carbocycles. The van der Waals surface area contributed by atoms with E-state index in [9.17, 15) is 4.79 Å². The van der Waals surface area contributed by atoms with Gasteiger partial charge in [0.2, 0.25) is 5.82 Å². The van der Waals surface area contributed by atoms with E-state index in [1.165, 1.54) is 6.33 Å². The van der Waals surface area contributed by atoms with Gasteiger partial charge in [-0.15, -0.1) is 0 Å². The molecule has 8 heteroatoms. The molecular formula is C23H29FN6O. The molecule has 3 aromatic rings. The SMILES string of the molecule is CCCn1nc(C)cc1CN(C)c1ncnc(NCc2ccc(CC(C)=O)cc2)c1F. The van der Waals surface area contributed by atoms with Crippen molar-refractivity contribution in [2.24, 2.45) is 0 Å². The van der Waals surface area contributed by atoms with E-state index in [1.807, 2.05) is 49.0 Å². The van der Waals surface area contributed by atoms with Crippen molar-refractivity contribution >= 4 is 17.4 Å². The number of aryl methyl sites for hydroxylation is 2. The number of halogens is 1. The van der Waals surface area contributed by atoms with Crippen molar-refractivity contribution in [3.8, 4) is 0 Å². The maximum Gasteiger partial charge on any atom is 0.207 e. The van der Waals surface area contributed by atoms with Crippen molar-refractivity contribution in [1.29, 1.82) is 0 Å². The zero-order valence-corrected chi connectivity index (χ0v) is 18.5. The molecule has 0 bridgehead atoms. The minimum Gasteiger partial charge on any atom is -0.363 e. The van der Waals surface area contributed by atoms with Gasteiger partial charge in [-0.05, 0) is 37.5 Å². The summed E-state index contributed by atoms with van der Waals surface area (Å²) in [7, 11) is 1.81.